The van der Waals surface area contributed by atoms with E-state index in [0.717, 1.165) is 0 Å². The number of hydrogen-bond donors (Lipinski definition) is 3. The SMILES string of the molecule is OCCCF.OCCO. The van der Waals surface area contributed by atoms with Gasteiger partial charge in [-0.25, -0.2) is 0 Å². The molecule has 0 saturated heterocycles. The van der Waals surface area contributed by atoms with E-state index in [9.17, 15) is 4.39 Å². The highest BCUT2D eigenvalue weighted by atomic mass is 19.1. The Kier molecular flexibility index (Phi) is 20.2. The monoisotopic (exact) mass is 140 g/mol. The highest BCUT2D eigenvalue weighted by Gasteiger charge is 1.72. The summed E-state index contributed by atoms with van der Waals surface area (Å²) in [4.78, 5) is 0. The molecule has 0 heterocycles. The summed E-state index contributed by atoms with van der Waals surface area (Å²) in [6.45, 7) is -0.688. The van der Waals surface area contributed by atoms with Crippen LogP contribution in [0.4, 0.5) is 4.39 Å². The van der Waals surface area contributed by atoms with Gasteiger partial charge in [-0.3, -0.25) is 4.39 Å². The molecule has 0 atom stereocenters. The van der Waals surface area contributed by atoms with Crippen LogP contribution in [-0.2, 0) is 0 Å². The van der Waals surface area contributed by atoms with E-state index in [2.05, 4.69) is 0 Å². The molecule has 0 saturated carbocycles. The third-order valence-corrected chi connectivity index (χ3v) is 0.392. The zero-order valence-electron chi connectivity index (χ0n) is 5.26. The van der Waals surface area contributed by atoms with Gasteiger partial charge in [0.2, 0.25) is 0 Å². The summed E-state index contributed by atoms with van der Waals surface area (Å²) in [7, 11) is 0. The first-order valence-corrected chi connectivity index (χ1v) is 2.72. The van der Waals surface area contributed by atoms with Crippen LogP contribution in [-0.4, -0.2) is 41.8 Å². The number of aliphatic hydroxyl groups is 3. The molecule has 0 unspecified atom stereocenters. The van der Waals surface area contributed by atoms with E-state index >= 15 is 0 Å². The van der Waals surface area contributed by atoms with Gasteiger partial charge in [0, 0.05) is 6.61 Å². The Balaban J connectivity index is 0. The molecule has 0 aliphatic rings. The fourth-order valence-electron chi connectivity index (χ4n) is 0.0598. The minimum atomic E-state index is -0.406. The van der Waals surface area contributed by atoms with Crippen molar-refractivity contribution >= 4 is 0 Å². The van der Waals surface area contributed by atoms with Crippen molar-refractivity contribution in [3.05, 3.63) is 0 Å². The Hall–Kier alpha value is -0.190. The number of alkyl halides is 1. The van der Waals surface area contributed by atoms with E-state index in [0.29, 0.717) is 0 Å². The lowest BCUT2D eigenvalue weighted by atomic mass is 10.5. The van der Waals surface area contributed by atoms with Gasteiger partial charge in [0.25, 0.3) is 0 Å². The lowest BCUT2D eigenvalue weighted by Gasteiger charge is -1.76. The van der Waals surface area contributed by atoms with Crippen molar-refractivity contribution in [2.24, 2.45) is 0 Å². The first-order valence-electron chi connectivity index (χ1n) is 2.72. The van der Waals surface area contributed by atoms with E-state index < -0.39 is 6.67 Å². The molecule has 0 aromatic rings. The second-order valence-electron chi connectivity index (χ2n) is 1.21. The standard InChI is InChI=1S/C3H7FO.C2H6O2/c4-2-1-3-5;3-1-2-4/h5H,1-3H2;3-4H,1-2H2. The molecule has 0 fully saturated rings. The molecule has 0 aliphatic carbocycles. The molecule has 4 heteroatoms. The zero-order valence-corrected chi connectivity index (χ0v) is 5.26. The quantitative estimate of drug-likeness (QED) is 0.486. The van der Waals surface area contributed by atoms with Gasteiger partial charge in [-0.15, -0.1) is 0 Å². The Morgan fingerprint density at radius 3 is 1.33 bits per heavy atom. The first kappa shape index (κ1) is 11.6. The predicted molar refractivity (Wildman–Crippen MR) is 31.8 cm³/mol. The molecule has 3 N–H and O–H groups in total. The van der Waals surface area contributed by atoms with Crippen molar-refractivity contribution in [3.8, 4) is 0 Å². The number of halogens is 1. The molecule has 0 amide bonds. The van der Waals surface area contributed by atoms with Crippen LogP contribution in [0, 0.1) is 0 Å². The molecule has 0 aliphatic heterocycles. The van der Waals surface area contributed by atoms with Gasteiger partial charge >= 0.3 is 0 Å². The van der Waals surface area contributed by atoms with Crippen molar-refractivity contribution in [2.45, 2.75) is 6.42 Å². The third kappa shape index (κ3) is 33.4. The molecule has 3 nitrogen and oxygen atoms in total. The van der Waals surface area contributed by atoms with Crippen LogP contribution in [0.25, 0.3) is 0 Å². The molecule has 0 radical (unpaired) electrons. The Morgan fingerprint density at radius 2 is 1.33 bits per heavy atom. The van der Waals surface area contributed by atoms with Gasteiger partial charge in [0.15, 0.2) is 0 Å². The predicted octanol–water partition coefficient (Wildman–Crippen LogP) is -0.691. The summed E-state index contributed by atoms with van der Waals surface area (Å²) >= 11 is 0. The summed E-state index contributed by atoms with van der Waals surface area (Å²) in [6, 6.07) is 0. The highest BCUT2D eigenvalue weighted by Crippen LogP contribution is 1.72. The zero-order chi connectivity index (χ0) is 7.54. The molecule has 0 spiro atoms. The molecule has 0 rings (SSSR count). The Morgan fingerprint density at radius 1 is 0.889 bits per heavy atom. The van der Waals surface area contributed by atoms with Crippen LogP contribution in [0.1, 0.15) is 6.42 Å². The lowest BCUT2D eigenvalue weighted by Crippen LogP contribution is -1.85. The van der Waals surface area contributed by atoms with E-state index in [4.69, 9.17) is 15.3 Å². The maximum atomic E-state index is 10.8. The van der Waals surface area contributed by atoms with Gasteiger partial charge in [0.05, 0.1) is 19.9 Å². The van der Waals surface area contributed by atoms with Crippen LogP contribution in [0.2, 0.25) is 0 Å². The summed E-state index contributed by atoms with van der Waals surface area (Å²) in [6.07, 6.45) is 0.278. The van der Waals surface area contributed by atoms with Crippen LogP contribution in [0.3, 0.4) is 0 Å². The van der Waals surface area contributed by atoms with Crippen molar-refractivity contribution in [3.63, 3.8) is 0 Å². The second-order valence-corrected chi connectivity index (χ2v) is 1.21. The summed E-state index contributed by atoms with van der Waals surface area (Å²) in [5, 5.41) is 23.1. The van der Waals surface area contributed by atoms with E-state index in [1.807, 2.05) is 0 Å². The largest absolute Gasteiger partial charge is 0.396 e. The van der Waals surface area contributed by atoms with Gasteiger partial charge in [0.1, 0.15) is 0 Å². The smallest absolute Gasteiger partial charge is 0.0916 e. The van der Waals surface area contributed by atoms with Gasteiger partial charge in [-0.2, -0.15) is 0 Å². The van der Waals surface area contributed by atoms with Gasteiger partial charge < -0.3 is 15.3 Å². The van der Waals surface area contributed by atoms with Crippen LogP contribution in [0.15, 0.2) is 0 Å². The molecule has 0 aromatic carbocycles. The highest BCUT2D eigenvalue weighted by molar-refractivity contribution is 4.22. The molecule has 0 aromatic heterocycles. The molecule has 9 heavy (non-hydrogen) atoms. The number of rotatable bonds is 3. The molecule has 58 valence electrons. The third-order valence-electron chi connectivity index (χ3n) is 0.392. The van der Waals surface area contributed by atoms with Gasteiger partial charge in [-0.1, -0.05) is 0 Å². The Labute approximate surface area is 53.8 Å². The van der Waals surface area contributed by atoms with Crippen LogP contribution in [0.5, 0.6) is 0 Å². The van der Waals surface area contributed by atoms with Crippen molar-refractivity contribution in [1.82, 2.24) is 0 Å². The summed E-state index contributed by atoms with van der Waals surface area (Å²) in [5.74, 6) is 0. The molecular formula is C5H13FO3. The Bertz CT molecular complexity index is 31.4. The first-order chi connectivity index (χ1) is 4.33. The fraction of sp³-hybridized carbons (Fsp3) is 1.00. The minimum absolute atomic E-state index is 0.0312. The molecular weight excluding hydrogens is 127 g/mol. The van der Waals surface area contributed by atoms with E-state index in [1.54, 1.807) is 0 Å². The van der Waals surface area contributed by atoms with Crippen molar-refractivity contribution in [2.75, 3.05) is 26.5 Å². The van der Waals surface area contributed by atoms with E-state index in [-0.39, 0.29) is 26.2 Å². The lowest BCUT2D eigenvalue weighted by molar-refractivity contribution is 0.186. The maximum absolute atomic E-state index is 10.8. The average molecular weight is 140 g/mol. The number of aliphatic hydroxyl groups excluding tert-OH is 3. The van der Waals surface area contributed by atoms with Crippen molar-refractivity contribution < 1.29 is 19.7 Å². The molecule has 0 bridgehead atoms. The van der Waals surface area contributed by atoms with Crippen LogP contribution >= 0.6 is 0 Å². The summed E-state index contributed by atoms with van der Waals surface area (Å²) in [5.41, 5.74) is 0. The van der Waals surface area contributed by atoms with Gasteiger partial charge in [-0.05, 0) is 6.42 Å². The normalized spacial score (nSPS) is 8.00. The summed E-state index contributed by atoms with van der Waals surface area (Å²) < 4.78 is 10.8. The van der Waals surface area contributed by atoms with E-state index in [1.165, 1.54) is 0 Å². The van der Waals surface area contributed by atoms with Crippen LogP contribution < -0.4 is 0 Å². The second kappa shape index (κ2) is 15.7. The minimum Gasteiger partial charge on any atom is -0.396 e. The average Bonchev–Trinajstić information content (AvgIpc) is 1.91. The maximum Gasteiger partial charge on any atom is 0.0916 e. The van der Waals surface area contributed by atoms with Crippen molar-refractivity contribution in [1.29, 1.82) is 0 Å². The fourth-order valence-corrected chi connectivity index (χ4v) is 0.0598. The number of hydrogen-bond acceptors (Lipinski definition) is 3. The topological polar surface area (TPSA) is 60.7 Å².